The highest BCUT2D eigenvalue weighted by Crippen LogP contribution is 2.15. The maximum atomic E-state index is 11.9. The van der Waals surface area contributed by atoms with E-state index in [0.29, 0.717) is 18.9 Å². The molecule has 0 radical (unpaired) electrons. The van der Waals surface area contributed by atoms with Crippen LogP contribution in [-0.4, -0.2) is 18.8 Å². The van der Waals surface area contributed by atoms with Crippen molar-refractivity contribution in [1.82, 2.24) is 5.32 Å². The van der Waals surface area contributed by atoms with Gasteiger partial charge in [0.1, 0.15) is 0 Å². The highest BCUT2D eigenvalue weighted by molar-refractivity contribution is 7.99. The van der Waals surface area contributed by atoms with E-state index in [-0.39, 0.29) is 5.91 Å². The second kappa shape index (κ2) is 9.60. The Kier molecular flexibility index (Phi) is 7.46. The number of rotatable bonds is 8. The molecule has 23 heavy (non-hydrogen) atoms. The molecule has 122 valence electrons. The van der Waals surface area contributed by atoms with Gasteiger partial charge in [-0.3, -0.25) is 4.79 Å². The highest BCUT2D eigenvalue weighted by Gasteiger charge is 2.05. The number of benzene rings is 2. The number of carbonyl (C=O) groups is 1. The Balaban J connectivity index is 1.74. The molecule has 2 aromatic rings. The molecule has 0 atom stereocenters. The van der Waals surface area contributed by atoms with Crippen molar-refractivity contribution in [3.63, 3.8) is 0 Å². The molecular weight excluding hydrogens is 330 g/mol. The predicted octanol–water partition coefficient (Wildman–Crippen LogP) is 4.04. The molecule has 1 amide bonds. The minimum Gasteiger partial charge on any atom is -0.380 e. The van der Waals surface area contributed by atoms with Crippen LogP contribution < -0.4 is 5.32 Å². The van der Waals surface area contributed by atoms with Crippen LogP contribution in [0.25, 0.3) is 0 Å². The van der Waals surface area contributed by atoms with E-state index in [2.05, 4.69) is 5.32 Å². The second-order valence-corrected chi connectivity index (χ2v) is 6.52. The van der Waals surface area contributed by atoms with Crippen LogP contribution in [0.5, 0.6) is 0 Å². The highest BCUT2D eigenvalue weighted by atomic mass is 35.5. The third-order valence-corrected chi connectivity index (χ3v) is 4.57. The lowest BCUT2D eigenvalue weighted by Crippen LogP contribution is -2.25. The summed E-state index contributed by atoms with van der Waals surface area (Å²) in [6, 6.07) is 15.7. The minimum atomic E-state index is 0.0381. The number of halogens is 1. The predicted molar refractivity (Wildman–Crippen MR) is 96.6 cm³/mol. The van der Waals surface area contributed by atoms with Crippen molar-refractivity contribution in [2.75, 3.05) is 12.9 Å². The first kappa shape index (κ1) is 17.9. The summed E-state index contributed by atoms with van der Waals surface area (Å²) < 4.78 is 5.17. The van der Waals surface area contributed by atoms with Crippen molar-refractivity contribution in [2.45, 2.75) is 18.9 Å². The molecule has 5 heteroatoms. The van der Waals surface area contributed by atoms with Crippen LogP contribution in [0.1, 0.15) is 16.7 Å². The third-order valence-electron chi connectivity index (χ3n) is 3.31. The zero-order valence-electron chi connectivity index (χ0n) is 13.0. The number of thioether (sulfide) groups is 1. The van der Waals surface area contributed by atoms with Gasteiger partial charge in [-0.1, -0.05) is 48.0 Å². The van der Waals surface area contributed by atoms with Gasteiger partial charge >= 0.3 is 0 Å². The maximum absolute atomic E-state index is 11.9. The maximum Gasteiger partial charge on any atom is 0.230 e. The van der Waals surface area contributed by atoms with Crippen LogP contribution in [-0.2, 0) is 28.4 Å². The minimum absolute atomic E-state index is 0.0381. The molecule has 0 spiro atoms. The molecule has 2 rings (SSSR count). The molecule has 0 aliphatic carbocycles. The molecule has 0 aromatic heterocycles. The summed E-state index contributed by atoms with van der Waals surface area (Å²) in [5.41, 5.74) is 3.35. The second-order valence-electron chi connectivity index (χ2n) is 5.10. The van der Waals surface area contributed by atoms with Crippen LogP contribution in [0.2, 0.25) is 5.02 Å². The molecule has 0 saturated heterocycles. The Hall–Kier alpha value is -1.49. The number of nitrogens with one attached hydrogen (secondary N) is 1. The first-order valence-electron chi connectivity index (χ1n) is 7.33. The van der Waals surface area contributed by atoms with E-state index < -0.39 is 0 Å². The van der Waals surface area contributed by atoms with Crippen molar-refractivity contribution >= 4 is 29.3 Å². The molecule has 0 aliphatic rings. The van der Waals surface area contributed by atoms with Crippen LogP contribution >= 0.6 is 23.4 Å². The van der Waals surface area contributed by atoms with Gasteiger partial charge in [0.2, 0.25) is 5.91 Å². The van der Waals surface area contributed by atoms with Gasteiger partial charge in [0.15, 0.2) is 0 Å². The molecule has 0 unspecified atom stereocenters. The molecule has 0 aliphatic heterocycles. The fraction of sp³-hybridized carbons (Fsp3) is 0.278. The molecule has 0 fully saturated rings. The number of carbonyl (C=O) groups excluding carboxylic acids is 1. The van der Waals surface area contributed by atoms with Gasteiger partial charge in [-0.2, -0.15) is 0 Å². The van der Waals surface area contributed by atoms with E-state index in [1.54, 1.807) is 18.9 Å². The lowest BCUT2D eigenvalue weighted by atomic mass is 10.1. The Labute approximate surface area is 146 Å². The Morgan fingerprint density at radius 2 is 1.83 bits per heavy atom. The number of hydrogen-bond acceptors (Lipinski definition) is 3. The number of methoxy groups -OCH3 is 1. The zero-order chi connectivity index (χ0) is 16.5. The average Bonchev–Trinajstić information content (AvgIpc) is 2.56. The number of amides is 1. The van der Waals surface area contributed by atoms with Crippen molar-refractivity contribution < 1.29 is 9.53 Å². The Morgan fingerprint density at radius 3 is 2.52 bits per heavy atom. The van der Waals surface area contributed by atoms with Crippen LogP contribution in [0.4, 0.5) is 0 Å². The van der Waals surface area contributed by atoms with Crippen molar-refractivity contribution in [2.24, 2.45) is 0 Å². The number of ether oxygens (including phenoxy) is 1. The van der Waals surface area contributed by atoms with Gasteiger partial charge in [0.05, 0.1) is 12.4 Å². The van der Waals surface area contributed by atoms with Crippen LogP contribution in [0.3, 0.4) is 0 Å². The summed E-state index contributed by atoms with van der Waals surface area (Å²) in [5.74, 6) is 1.27. The zero-order valence-corrected chi connectivity index (χ0v) is 14.6. The summed E-state index contributed by atoms with van der Waals surface area (Å²) >= 11 is 7.44. The fourth-order valence-electron chi connectivity index (χ4n) is 2.11. The summed E-state index contributed by atoms with van der Waals surface area (Å²) in [6.45, 7) is 1.08. The first-order chi connectivity index (χ1) is 11.2. The third kappa shape index (κ3) is 6.26. The van der Waals surface area contributed by atoms with Gasteiger partial charge in [0, 0.05) is 24.4 Å². The molecule has 1 N–H and O–H groups in total. The molecule has 2 aromatic carbocycles. The number of hydrogen-bond donors (Lipinski definition) is 1. The first-order valence-corrected chi connectivity index (χ1v) is 8.87. The van der Waals surface area contributed by atoms with Crippen molar-refractivity contribution in [3.8, 4) is 0 Å². The van der Waals surface area contributed by atoms with Crippen molar-refractivity contribution in [1.29, 1.82) is 0 Å². The van der Waals surface area contributed by atoms with E-state index in [4.69, 9.17) is 16.3 Å². The monoisotopic (exact) mass is 349 g/mol. The van der Waals surface area contributed by atoms with Crippen molar-refractivity contribution in [3.05, 3.63) is 70.2 Å². The van der Waals surface area contributed by atoms with Gasteiger partial charge < -0.3 is 10.1 Å². The van der Waals surface area contributed by atoms with Gasteiger partial charge in [-0.25, -0.2) is 0 Å². The van der Waals surface area contributed by atoms with E-state index in [0.717, 1.165) is 27.5 Å². The van der Waals surface area contributed by atoms with E-state index >= 15 is 0 Å². The van der Waals surface area contributed by atoms with Gasteiger partial charge in [-0.05, 0) is 28.8 Å². The SMILES string of the molecule is COCc1ccccc1CNC(=O)CSCc1ccc(Cl)cc1. The largest absolute Gasteiger partial charge is 0.380 e. The standard InChI is InChI=1S/C18H20ClNO2S/c1-22-11-16-5-3-2-4-15(16)10-20-18(21)13-23-12-14-6-8-17(19)9-7-14/h2-9H,10-13H2,1H3,(H,20,21). The molecular formula is C18H20ClNO2S. The topological polar surface area (TPSA) is 38.3 Å². The summed E-state index contributed by atoms with van der Waals surface area (Å²) in [6.07, 6.45) is 0. The van der Waals surface area contributed by atoms with Gasteiger partial charge in [0.25, 0.3) is 0 Å². The average molecular weight is 350 g/mol. The van der Waals surface area contributed by atoms with Crippen LogP contribution in [0.15, 0.2) is 48.5 Å². The Morgan fingerprint density at radius 1 is 1.13 bits per heavy atom. The fourth-order valence-corrected chi connectivity index (χ4v) is 3.06. The smallest absolute Gasteiger partial charge is 0.230 e. The molecule has 0 saturated carbocycles. The van der Waals surface area contributed by atoms with Gasteiger partial charge in [-0.15, -0.1) is 11.8 Å². The van der Waals surface area contributed by atoms with Crippen LogP contribution in [0, 0.1) is 0 Å². The van der Waals surface area contributed by atoms with E-state index in [9.17, 15) is 4.79 Å². The van der Waals surface area contributed by atoms with E-state index in [1.165, 1.54) is 0 Å². The van der Waals surface area contributed by atoms with E-state index in [1.807, 2.05) is 48.5 Å². The molecule has 0 heterocycles. The Bertz CT molecular complexity index is 631. The summed E-state index contributed by atoms with van der Waals surface area (Å²) in [4.78, 5) is 11.9. The normalized spacial score (nSPS) is 10.5. The lowest BCUT2D eigenvalue weighted by Gasteiger charge is -2.10. The summed E-state index contributed by atoms with van der Waals surface area (Å²) in [5, 5.41) is 3.68. The lowest BCUT2D eigenvalue weighted by molar-refractivity contribution is -0.118. The molecule has 0 bridgehead atoms. The quantitative estimate of drug-likeness (QED) is 0.781. The molecule has 3 nitrogen and oxygen atoms in total. The summed E-state index contributed by atoms with van der Waals surface area (Å²) in [7, 11) is 1.67.